The van der Waals surface area contributed by atoms with Crippen LogP contribution in [0.15, 0.2) is 24.3 Å². The molecule has 0 saturated carbocycles. The minimum absolute atomic E-state index is 0.0232. The lowest BCUT2D eigenvalue weighted by Gasteiger charge is -2.42. The third-order valence-electron chi connectivity index (χ3n) is 7.92. The summed E-state index contributed by atoms with van der Waals surface area (Å²) in [5, 5.41) is 47.7. The molecule has 1 heterocycles. The number of carbonyl (C=O) groups is 3. The summed E-state index contributed by atoms with van der Waals surface area (Å²) in [4.78, 5) is 39.3. The van der Waals surface area contributed by atoms with Gasteiger partial charge in [-0.2, -0.15) is 0 Å². The van der Waals surface area contributed by atoms with Crippen LogP contribution in [-0.4, -0.2) is 74.5 Å². The maximum absolute atomic E-state index is 13.4. The van der Waals surface area contributed by atoms with Crippen molar-refractivity contribution in [2.75, 3.05) is 6.54 Å². The van der Waals surface area contributed by atoms with Gasteiger partial charge in [-0.05, 0) is 20.4 Å². The number of ketones is 3. The van der Waals surface area contributed by atoms with Crippen LogP contribution in [0.4, 0.5) is 0 Å². The highest BCUT2D eigenvalue weighted by atomic mass is 16.7. The molecule has 2 aromatic carbocycles. The van der Waals surface area contributed by atoms with E-state index in [0.29, 0.717) is 6.54 Å². The summed E-state index contributed by atoms with van der Waals surface area (Å²) in [6.45, 7) is 5.38. The van der Waals surface area contributed by atoms with Crippen LogP contribution >= 0.6 is 0 Å². The molecule has 1 saturated heterocycles. The maximum Gasteiger partial charge on any atom is 0.198 e. The monoisotopic (exact) mass is 525 g/mol. The molecule has 2 aromatic rings. The van der Waals surface area contributed by atoms with Gasteiger partial charge in [-0.3, -0.25) is 14.4 Å². The maximum atomic E-state index is 13.4. The minimum Gasteiger partial charge on any atom is -0.507 e. The third kappa shape index (κ3) is 4.04. The number of hydrogen-bond acceptors (Lipinski definition) is 10. The molecule has 5 N–H and O–H groups in total. The fraction of sp³-hybridized carbons (Fsp3) is 0.464. The molecule has 1 aliphatic heterocycles. The first-order chi connectivity index (χ1) is 18.0. The van der Waals surface area contributed by atoms with Gasteiger partial charge in [0.1, 0.15) is 17.1 Å². The average molecular weight is 526 g/mol. The summed E-state index contributed by atoms with van der Waals surface area (Å²) in [6.07, 6.45) is -3.90. The van der Waals surface area contributed by atoms with Crippen molar-refractivity contribution >= 4 is 17.3 Å². The topological polar surface area (TPSA) is 163 Å². The zero-order chi connectivity index (χ0) is 27.5. The number of Topliss-reactive ketones (excluding diaryl/α,β-unsaturated/α-hetero) is 1. The molecule has 38 heavy (non-hydrogen) atoms. The van der Waals surface area contributed by atoms with Crippen LogP contribution in [0.25, 0.3) is 0 Å². The third-order valence-corrected chi connectivity index (χ3v) is 7.92. The fourth-order valence-electron chi connectivity index (χ4n) is 5.85. The van der Waals surface area contributed by atoms with E-state index in [-0.39, 0.29) is 58.7 Å². The van der Waals surface area contributed by atoms with Gasteiger partial charge in [0, 0.05) is 47.6 Å². The van der Waals surface area contributed by atoms with E-state index in [9.17, 15) is 34.8 Å². The second-order valence-electron chi connectivity index (χ2n) is 10.3. The lowest BCUT2D eigenvalue weighted by Crippen LogP contribution is -2.54. The number of aromatic hydroxyl groups is 2. The Labute approximate surface area is 219 Å². The number of benzene rings is 2. The second kappa shape index (κ2) is 9.55. The first kappa shape index (κ1) is 26.5. The second-order valence-corrected chi connectivity index (χ2v) is 10.3. The highest BCUT2D eigenvalue weighted by molar-refractivity contribution is 6.30. The van der Waals surface area contributed by atoms with E-state index < -0.39 is 59.1 Å². The summed E-state index contributed by atoms with van der Waals surface area (Å²) < 4.78 is 12.1. The predicted molar refractivity (Wildman–Crippen MR) is 133 cm³/mol. The van der Waals surface area contributed by atoms with E-state index in [0.717, 1.165) is 0 Å². The molecule has 0 spiro atoms. The SMILES string of the molecule is CCN[C@H]1C[C@H](O[C@H]2C[C@](O)(C(C)=O)Cc3c(O)c4c(c(O)c32)C(=O)c2ccccc2C4=O)O[C@@H](C)[C@H]1O. The molecule has 6 atom stereocenters. The Hall–Kier alpha value is -3.15. The molecular weight excluding hydrogens is 494 g/mol. The van der Waals surface area contributed by atoms with Crippen molar-refractivity contribution in [3.05, 3.63) is 57.6 Å². The van der Waals surface area contributed by atoms with E-state index in [1.54, 1.807) is 19.1 Å². The predicted octanol–water partition coefficient (Wildman–Crippen LogP) is 1.67. The number of aliphatic hydroxyl groups is 2. The van der Waals surface area contributed by atoms with Gasteiger partial charge in [0.25, 0.3) is 0 Å². The Kier molecular flexibility index (Phi) is 6.65. The van der Waals surface area contributed by atoms with Crippen LogP contribution in [0.2, 0.25) is 0 Å². The number of fused-ring (bicyclic) bond motifs is 3. The number of phenolic OH excluding ortho intramolecular Hbond substituents is 2. The van der Waals surface area contributed by atoms with Crippen LogP contribution in [0.3, 0.4) is 0 Å². The largest absolute Gasteiger partial charge is 0.507 e. The van der Waals surface area contributed by atoms with Gasteiger partial charge in [-0.15, -0.1) is 0 Å². The molecule has 0 bridgehead atoms. The lowest BCUT2D eigenvalue weighted by atomic mass is 9.72. The number of ether oxygens (including phenoxy) is 2. The molecule has 10 heteroatoms. The summed E-state index contributed by atoms with van der Waals surface area (Å²) in [7, 11) is 0. The van der Waals surface area contributed by atoms with Gasteiger partial charge in [-0.25, -0.2) is 0 Å². The van der Waals surface area contributed by atoms with Gasteiger partial charge in [0.2, 0.25) is 0 Å². The van der Waals surface area contributed by atoms with Crippen molar-refractivity contribution in [1.29, 1.82) is 0 Å². The van der Waals surface area contributed by atoms with Crippen LogP contribution < -0.4 is 5.32 Å². The van der Waals surface area contributed by atoms with Crippen LogP contribution in [0.5, 0.6) is 11.5 Å². The Morgan fingerprint density at radius 1 is 1.13 bits per heavy atom. The van der Waals surface area contributed by atoms with Crippen molar-refractivity contribution in [3.8, 4) is 11.5 Å². The Balaban J connectivity index is 1.63. The zero-order valence-electron chi connectivity index (χ0n) is 21.4. The van der Waals surface area contributed by atoms with Crippen molar-refractivity contribution < 1.29 is 44.3 Å². The van der Waals surface area contributed by atoms with E-state index in [2.05, 4.69) is 5.32 Å². The van der Waals surface area contributed by atoms with Crippen LogP contribution in [0, 0.1) is 0 Å². The van der Waals surface area contributed by atoms with E-state index >= 15 is 0 Å². The number of likely N-dealkylation sites (N-methyl/N-ethyl adjacent to an activating group) is 1. The quantitative estimate of drug-likeness (QED) is 0.310. The zero-order valence-corrected chi connectivity index (χ0v) is 21.4. The molecule has 10 nitrogen and oxygen atoms in total. The van der Waals surface area contributed by atoms with Crippen molar-refractivity contribution in [3.63, 3.8) is 0 Å². The van der Waals surface area contributed by atoms with Gasteiger partial charge in [-0.1, -0.05) is 31.2 Å². The highest BCUT2D eigenvalue weighted by Gasteiger charge is 2.49. The van der Waals surface area contributed by atoms with Gasteiger partial charge in [0.05, 0.1) is 29.4 Å². The molecule has 3 aliphatic rings. The average Bonchev–Trinajstić information content (AvgIpc) is 2.87. The fourth-order valence-corrected chi connectivity index (χ4v) is 5.85. The first-order valence-corrected chi connectivity index (χ1v) is 12.7. The molecule has 5 rings (SSSR count). The Bertz CT molecular complexity index is 1340. The molecule has 202 valence electrons. The summed E-state index contributed by atoms with van der Waals surface area (Å²) >= 11 is 0. The molecule has 1 fully saturated rings. The molecule has 0 aromatic heterocycles. The molecule has 0 amide bonds. The molecular formula is C28H31NO9. The van der Waals surface area contributed by atoms with E-state index in [1.165, 1.54) is 19.1 Å². The van der Waals surface area contributed by atoms with E-state index in [4.69, 9.17) is 9.47 Å². The van der Waals surface area contributed by atoms with E-state index in [1.807, 2.05) is 6.92 Å². The number of nitrogens with one attached hydrogen (secondary N) is 1. The number of carbonyl (C=O) groups excluding carboxylic acids is 3. The highest BCUT2D eigenvalue weighted by Crippen LogP contribution is 2.52. The number of phenols is 2. The Morgan fingerprint density at radius 2 is 1.74 bits per heavy atom. The van der Waals surface area contributed by atoms with Gasteiger partial charge < -0.3 is 35.2 Å². The Morgan fingerprint density at radius 3 is 2.32 bits per heavy atom. The first-order valence-electron chi connectivity index (χ1n) is 12.7. The number of rotatable bonds is 5. The molecule has 2 aliphatic carbocycles. The molecule has 0 unspecified atom stereocenters. The normalized spacial score (nSPS) is 30.4. The van der Waals surface area contributed by atoms with Crippen LogP contribution in [0.1, 0.15) is 82.7 Å². The summed E-state index contributed by atoms with van der Waals surface area (Å²) in [5.74, 6) is -2.97. The standard InChI is InChI=1S/C28H31NO9/c1-4-29-17-9-19(37-12(2)23(17)31)38-18-11-28(36,13(3)30)10-16-20(18)27(35)22-21(26(16)34)24(32)14-7-5-6-8-15(14)25(22)33/h5-8,12,17-19,23,29,31,34-36H,4,9-11H2,1-3H3/t12-,17-,18-,19-,23+,28-/m0/s1. The molecule has 0 radical (unpaired) electrons. The van der Waals surface area contributed by atoms with Gasteiger partial charge >= 0.3 is 0 Å². The van der Waals surface area contributed by atoms with Crippen molar-refractivity contribution in [2.45, 2.75) is 76.3 Å². The summed E-state index contributed by atoms with van der Waals surface area (Å²) in [5.41, 5.74) is -2.50. The lowest BCUT2D eigenvalue weighted by molar-refractivity contribution is -0.249. The number of aliphatic hydroxyl groups excluding tert-OH is 1. The smallest absolute Gasteiger partial charge is 0.198 e. The van der Waals surface area contributed by atoms with Gasteiger partial charge in [0.15, 0.2) is 23.6 Å². The summed E-state index contributed by atoms with van der Waals surface area (Å²) in [6, 6.07) is 5.76. The number of hydrogen-bond donors (Lipinski definition) is 5. The van der Waals surface area contributed by atoms with Crippen LogP contribution in [-0.2, 0) is 20.7 Å². The minimum atomic E-state index is -1.96. The van der Waals surface area contributed by atoms with Crippen molar-refractivity contribution in [1.82, 2.24) is 5.32 Å². The van der Waals surface area contributed by atoms with Crippen molar-refractivity contribution in [2.24, 2.45) is 0 Å².